The molecule has 0 heterocycles. The first kappa shape index (κ1) is 19.2. The van der Waals surface area contributed by atoms with E-state index in [9.17, 15) is 9.18 Å². The molecule has 25 heavy (non-hydrogen) atoms. The van der Waals surface area contributed by atoms with Gasteiger partial charge in [0.25, 0.3) is 0 Å². The standard InChI is InChI=1S/C19H22ClFN2O2/c1-19(2,3)25-18(24)23-17-6-4-13(5-7-17)11-22-12-14-8-15(20)10-16(21)9-14/h4-10,22H,11-12H2,1-3H3,(H,23,24). The molecule has 0 atom stereocenters. The summed E-state index contributed by atoms with van der Waals surface area (Å²) in [5.74, 6) is -0.345. The van der Waals surface area contributed by atoms with Gasteiger partial charge in [0.2, 0.25) is 0 Å². The average molecular weight is 365 g/mol. The van der Waals surface area contributed by atoms with E-state index in [1.165, 1.54) is 12.1 Å². The molecule has 0 bridgehead atoms. The van der Waals surface area contributed by atoms with Crippen molar-refractivity contribution in [1.82, 2.24) is 5.32 Å². The van der Waals surface area contributed by atoms with Gasteiger partial charge >= 0.3 is 6.09 Å². The number of hydrogen-bond donors (Lipinski definition) is 2. The van der Waals surface area contributed by atoms with E-state index < -0.39 is 11.7 Å². The molecule has 2 aromatic rings. The molecule has 0 aliphatic heterocycles. The number of rotatable bonds is 5. The van der Waals surface area contributed by atoms with Gasteiger partial charge in [-0.25, -0.2) is 9.18 Å². The predicted octanol–water partition coefficient (Wildman–Crippen LogP) is 5.12. The Morgan fingerprint density at radius 3 is 2.32 bits per heavy atom. The van der Waals surface area contributed by atoms with E-state index in [4.69, 9.17) is 16.3 Å². The smallest absolute Gasteiger partial charge is 0.412 e. The van der Waals surface area contributed by atoms with Crippen molar-refractivity contribution in [2.75, 3.05) is 5.32 Å². The monoisotopic (exact) mass is 364 g/mol. The quantitative estimate of drug-likeness (QED) is 0.774. The molecule has 0 aliphatic carbocycles. The van der Waals surface area contributed by atoms with Crippen LogP contribution in [-0.4, -0.2) is 11.7 Å². The molecular weight excluding hydrogens is 343 g/mol. The Kier molecular flexibility index (Phi) is 6.39. The highest BCUT2D eigenvalue weighted by atomic mass is 35.5. The summed E-state index contributed by atoms with van der Waals surface area (Å²) in [4.78, 5) is 11.7. The number of carbonyl (C=O) groups excluding carboxylic acids is 1. The molecule has 2 N–H and O–H groups in total. The van der Waals surface area contributed by atoms with Crippen LogP contribution in [0.1, 0.15) is 31.9 Å². The summed E-state index contributed by atoms with van der Waals surface area (Å²) < 4.78 is 18.5. The summed E-state index contributed by atoms with van der Waals surface area (Å²) in [5, 5.41) is 6.29. The van der Waals surface area contributed by atoms with Crippen molar-refractivity contribution in [2.45, 2.75) is 39.5 Å². The van der Waals surface area contributed by atoms with E-state index in [2.05, 4.69) is 10.6 Å². The number of ether oxygens (including phenoxy) is 1. The van der Waals surface area contributed by atoms with Crippen LogP contribution in [-0.2, 0) is 17.8 Å². The van der Waals surface area contributed by atoms with Crippen molar-refractivity contribution in [3.05, 3.63) is 64.4 Å². The molecule has 134 valence electrons. The minimum Gasteiger partial charge on any atom is -0.444 e. The molecular formula is C19H22ClFN2O2. The minimum absolute atomic E-state index is 0.345. The molecule has 0 aromatic heterocycles. The number of hydrogen-bond acceptors (Lipinski definition) is 3. The molecule has 2 aromatic carbocycles. The lowest BCUT2D eigenvalue weighted by Gasteiger charge is -2.19. The molecule has 0 unspecified atom stereocenters. The Morgan fingerprint density at radius 1 is 1.08 bits per heavy atom. The third-order valence-electron chi connectivity index (χ3n) is 3.18. The van der Waals surface area contributed by atoms with Crippen LogP contribution in [0.3, 0.4) is 0 Å². The fourth-order valence-corrected chi connectivity index (χ4v) is 2.44. The van der Waals surface area contributed by atoms with Crippen LogP contribution in [0.2, 0.25) is 5.02 Å². The van der Waals surface area contributed by atoms with Crippen molar-refractivity contribution in [3.8, 4) is 0 Å². The summed E-state index contributed by atoms with van der Waals surface area (Å²) in [6, 6.07) is 11.9. The van der Waals surface area contributed by atoms with Gasteiger partial charge in [0.05, 0.1) is 0 Å². The molecule has 0 radical (unpaired) electrons. The average Bonchev–Trinajstić information content (AvgIpc) is 2.46. The highest BCUT2D eigenvalue weighted by Gasteiger charge is 2.16. The van der Waals surface area contributed by atoms with Gasteiger partial charge in [-0.15, -0.1) is 0 Å². The van der Waals surface area contributed by atoms with Gasteiger partial charge in [-0.1, -0.05) is 23.7 Å². The van der Waals surface area contributed by atoms with Crippen molar-refractivity contribution in [3.63, 3.8) is 0 Å². The van der Waals surface area contributed by atoms with Gasteiger partial charge in [0.15, 0.2) is 0 Å². The maximum atomic E-state index is 13.3. The van der Waals surface area contributed by atoms with E-state index >= 15 is 0 Å². The lowest BCUT2D eigenvalue weighted by molar-refractivity contribution is 0.0636. The Morgan fingerprint density at radius 2 is 1.72 bits per heavy atom. The molecule has 0 saturated heterocycles. The summed E-state index contributed by atoms with van der Waals surface area (Å²) in [6.07, 6.45) is -0.485. The van der Waals surface area contributed by atoms with E-state index in [0.29, 0.717) is 23.8 Å². The Bertz CT molecular complexity index is 707. The molecule has 2 rings (SSSR count). The van der Waals surface area contributed by atoms with Crippen LogP contribution in [0.25, 0.3) is 0 Å². The third kappa shape index (κ3) is 7.11. The second kappa shape index (κ2) is 8.32. The predicted molar refractivity (Wildman–Crippen MR) is 98.3 cm³/mol. The largest absolute Gasteiger partial charge is 0.444 e. The zero-order valence-corrected chi connectivity index (χ0v) is 15.3. The van der Waals surface area contributed by atoms with Gasteiger partial charge in [-0.2, -0.15) is 0 Å². The first-order chi connectivity index (χ1) is 11.7. The number of benzene rings is 2. The van der Waals surface area contributed by atoms with Gasteiger partial charge < -0.3 is 10.1 Å². The maximum Gasteiger partial charge on any atom is 0.412 e. The lowest BCUT2D eigenvalue weighted by Crippen LogP contribution is -2.27. The summed E-state index contributed by atoms with van der Waals surface area (Å²) in [7, 11) is 0. The molecule has 4 nitrogen and oxygen atoms in total. The first-order valence-corrected chi connectivity index (χ1v) is 8.34. The molecule has 0 fully saturated rings. The molecule has 0 spiro atoms. The number of nitrogens with one attached hydrogen (secondary N) is 2. The summed E-state index contributed by atoms with van der Waals surface area (Å²) >= 11 is 5.83. The van der Waals surface area contributed by atoms with Gasteiger partial charge in [-0.3, -0.25) is 5.32 Å². The number of halogens is 2. The van der Waals surface area contributed by atoms with Gasteiger partial charge in [0, 0.05) is 23.8 Å². The Hall–Kier alpha value is -2.11. The Labute approximate surface area is 152 Å². The summed E-state index contributed by atoms with van der Waals surface area (Å²) in [5.41, 5.74) is 1.95. The van der Waals surface area contributed by atoms with E-state index in [1.54, 1.807) is 18.2 Å². The van der Waals surface area contributed by atoms with Crippen molar-refractivity contribution >= 4 is 23.4 Å². The van der Waals surface area contributed by atoms with Crippen LogP contribution in [0.5, 0.6) is 0 Å². The molecule has 0 saturated carbocycles. The van der Waals surface area contributed by atoms with Crippen LogP contribution in [0, 0.1) is 5.82 Å². The number of amides is 1. The van der Waals surface area contributed by atoms with Crippen LogP contribution in [0.4, 0.5) is 14.9 Å². The van der Waals surface area contributed by atoms with E-state index in [0.717, 1.165) is 11.1 Å². The molecule has 1 amide bonds. The van der Waals surface area contributed by atoms with Crippen LogP contribution >= 0.6 is 11.6 Å². The topological polar surface area (TPSA) is 50.4 Å². The number of carbonyl (C=O) groups is 1. The second-order valence-electron chi connectivity index (χ2n) is 6.71. The second-order valence-corrected chi connectivity index (χ2v) is 7.14. The Balaban J connectivity index is 1.83. The fraction of sp³-hybridized carbons (Fsp3) is 0.316. The maximum absolute atomic E-state index is 13.3. The number of anilines is 1. The molecule has 6 heteroatoms. The normalized spacial score (nSPS) is 11.2. The van der Waals surface area contributed by atoms with Gasteiger partial charge in [-0.05, 0) is 62.2 Å². The van der Waals surface area contributed by atoms with E-state index in [1.807, 2.05) is 32.9 Å². The van der Waals surface area contributed by atoms with Crippen LogP contribution < -0.4 is 10.6 Å². The zero-order chi connectivity index (χ0) is 18.4. The van der Waals surface area contributed by atoms with Crippen LogP contribution in [0.15, 0.2) is 42.5 Å². The lowest BCUT2D eigenvalue weighted by atomic mass is 10.2. The first-order valence-electron chi connectivity index (χ1n) is 7.96. The van der Waals surface area contributed by atoms with Gasteiger partial charge in [0.1, 0.15) is 11.4 Å². The fourth-order valence-electron chi connectivity index (χ4n) is 2.19. The highest BCUT2D eigenvalue weighted by Crippen LogP contribution is 2.15. The summed E-state index contributed by atoms with van der Waals surface area (Å²) in [6.45, 7) is 6.56. The minimum atomic E-state index is -0.534. The van der Waals surface area contributed by atoms with E-state index in [-0.39, 0.29) is 5.82 Å². The van der Waals surface area contributed by atoms with Crippen molar-refractivity contribution in [1.29, 1.82) is 0 Å². The zero-order valence-electron chi connectivity index (χ0n) is 14.5. The highest BCUT2D eigenvalue weighted by molar-refractivity contribution is 6.30. The van der Waals surface area contributed by atoms with Crippen molar-refractivity contribution in [2.24, 2.45) is 0 Å². The molecule has 0 aliphatic rings. The SMILES string of the molecule is CC(C)(C)OC(=O)Nc1ccc(CNCc2cc(F)cc(Cl)c2)cc1. The van der Waals surface area contributed by atoms with Crippen molar-refractivity contribution < 1.29 is 13.9 Å². The third-order valence-corrected chi connectivity index (χ3v) is 3.40.